The first-order valence-corrected chi connectivity index (χ1v) is 7.78. The minimum atomic E-state index is -3.26. The second-order valence-corrected chi connectivity index (χ2v) is 6.25. The number of hydrogen-bond acceptors (Lipinski definition) is 2. The Morgan fingerprint density at radius 1 is 1.35 bits per heavy atom. The van der Waals surface area contributed by atoms with Gasteiger partial charge < -0.3 is 0 Å². The molecule has 0 bridgehead atoms. The van der Waals surface area contributed by atoms with Crippen LogP contribution in [0, 0.1) is 6.92 Å². The average Bonchev–Trinajstić information content (AvgIpc) is 2.27. The Morgan fingerprint density at radius 3 is 2.59 bits per heavy atom. The van der Waals surface area contributed by atoms with Crippen molar-refractivity contribution in [1.29, 1.82) is 0 Å². The highest BCUT2D eigenvalue weighted by atomic mass is 35.5. The first-order chi connectivity index (χ1) is 8.01. The average molecular weight is 276 g/mol. The van der Waals surface area contributed by atoms with E-state index < -0.39 is 10.0 Å². The van der Waals surface area contributed by atoms with Gasteiger partial charge in [0, 0.05) is 12.4 Å². The van der Waals surface area contributed by atoms with Crippen LogP contribution in [0.15, 0.2) is 24.3 Å². The molecule has 0 unspecified atom stereocenters. The summed E-state index contributed by atoms with van der Waals surface area (Å²) < 4.78 is 25.6. The molecule has 17 heavy (non-hydrogen) atoms. The van der Waals surface area contributed by atoms with E-state index >= 15 is 0 Å². The van der Waals surface area contributed by atoms with Crippen LogP contribution in [-0.4, -0.2) is 26.6 Å². The summed E-state index contributed by atoms with van der Waals surface area (Å²) in [6, 6.07) is 7.50. The topological polar surface area (TPSA) is 37.4 Å². The van der Waals surface area contributed by atoms with Crippen LogP contribution in [0.1, 0.15) is 18.9 Å². The smallest absolute Gasteiger partial charge is 0.235 e. The van der Waals surface area contributed by atoms with Crippen LogP contribution in [0.2, 0.25) is 0 Å². The van der Waals surface area contributed by atoms with Gasteiger partial charge in [0.1, 0.15) is 0 Å². The number of hydrogen-bond donors (Lipinski definition) is 0. The summed E-state index contributed by atoms with van der Waals surface area (Å²) in [6.45, 7) is 4.22. The highest BCUT2D eigenvalue weighted by Crippen LogP contribution is 2.19. The highest BCUT2D eigenvalue weighted by Gasteiger charge is 2.20. The van der Waals surface area contributed by atoms with Crippen molar-refractivity contribution in [3.8, 4) is 0 Å². The van der Waals surface area contributed by atoms with Crippen LogP contribution in [0.3, 0.4) is 0 Å². The lowest BCUT2D eigenvalue weighted by atomic mass is 10.2. The Morgan fingerprint density at radius 2 is 2.06 bits per heavy atom. The summed E-state index contributed by atoms with van der Waals surface area (Å²) in [4.78, 5) is 0. The monoisotopic (exact) mass is 275 g/mol. The van der Waals surface area contributed by atoms with Gasteiger partial charge in [-0.15, -0.1) is 11.6 Å². The maximum Gasteiger partial charge on any atom is 0.235 e. The number of rotatable bonds is 6. The fraction of sp³-hybridized carbons (Fsp3) is 0.500. The second-order valence-electron chi connectivity index (χ2n) is 3.86. The zero-order valence-corrected chi connectivity index (χ0v) is 11.8. The van der Waals surface area contributed by atoms with Gasteiger partial charge in [-0.1, -0.05) is 12.1 Å². The molecule has 0 aliphatic heterocycles. The summed E-state index contributed by atoms with van der Waals surface area (Å²) >= 11 is 5.54. The van der Waals surface area contributed by atoms with Crippen molar-refractivity contribution in [2.45, 2.75) is 20.3 Å². The largest absolute Gasteiger partial charge is 0.271 e. The molecule has 3 nitrogen and oxygen atoms in total. The molecule has 0 aliphatic carbocycles. The molecule has 0 fully saturated rings. The minimum absolute atomic E-state index is 0.0955. The Labute approximate surface area is 108 Å². The van der Waals surface area contributed by atoms with E-state index in [0.717, 1.165) is 11.3 Å². The van der Waals surface area contributed by atoms with Gasteiger partial charge >= 0.3 is 0 Å². The third kappa shape index (κ3) is 3.89. The molecule has 1 aromatic carbocycles. The lowest BCUT2D eigenvalue weighted by Gasteiger charge is -2.23. The predicted octanol–water partition coefficient (Wildman–Crippen LogP) is 2.78. The van der Waals surface area contributed by atoms with Gasteiger partial charge in [-0.25, -0.2) is 8.42 Å². The molecule has 0 saturated carbocycles. The van der Waals surface area contributed by atoms with Crippen molar-refractivity contribution in [1.82, 2.24) is 0 Å². The number of nitrogens with zero attached hydrogens (tertiary/aromatic N) is 1. The lowest BCUT2D eigenvalue weighted by Crippen LogP contribution is -2.33. The molecular formula is C12H18ClNO2S. The molecule has 0 spiro atoms. The molecule has 0 N–H and O–H groups in total. The summed E-state index contributed by atoms with van der Waals surface area (Å²) in [7, 11) is -3.26. The molecule has 96 valence electrons. The Balaban J connectivity index is 2.99. The number of halogens is 1. The normalized spacial score (nSPS) is 11.5. The number of sulfonamides is 1. The molecule has 0 amide bonds. The van der Waals surface area contributed by atoms with E-state index in [1.54, 1.807) is 0 Å². The van der Waals surface area contributed by atoms with Gasteiger partial charge in [0.15, 0.2) is 0 Å². The van der Waals surface area contributed by atoms with Gasteiger partial charge in [0.05, 0.1) is 11.4 Å². The quantitative estimate of drug-likeness (QED) is 0.749. The summed E-state index contributed by atoms with van der Waals surface area (Å²) in [5.74, 6) is 0.461. The van der Waals surface area contributed by atoms with Gasteiger partial charge in [-0.3, -0.25) is 4.31 Å². The molecule has 0 radical (unpaired) electrons. The van der Waals surface area contributed by atoms with E-state index in [4.69, 9.17) is 11.6 Å². The Kier molecular flexibility index (Phi) is 5.28. The van der Waals surface area contributed by atoms with Crippen molar-refractivity contribution in [2.24, 2.45) is 0 Å². The minimum Gasteiger partial charge on any atom is -0.271 e. The van der Waals surface area contributed by atoms with Crippen LogP contribution < -0.4 is 4.31 Å². The van der Waals surface area contributed by atoms with Crippen molar-refractivity contribution in [3.05, 3.63) is 29.8 Å². The van der Waals surface area contributed by atoms with E-state index in [1.165, 1.54) is 4.31 Å². The van der Waals surface area contributed by atoms with Gasteiger partial charge in [-0.05, 0) is 38.0 Å². The summed E-state index contributed by atoms with van der Waals surface area (Å²) in [5, 5.41) is 0. The lowest BCUT2D eigenvalue weighted by molar-refractivity contribution is 0.590. The molecule has 0 aromatic heterocycles. The van der Waals surface area contributed by atoms with Crippen LogP contribution in [-0.2, 0) is 10.0 Å². The highest BCUT2D eigenvalue weighted by molar-refractivity contribution is 7.92. The van der Waals surface area contributed by atoms with Gasteiger partial charge in [0.2, 0.25) is 10.0 Å². The Hall–Kier alpha value is -0.740. The van der Waals surface area contributed by atoms with Crippen LogP contribution in [0.4, 0.5) is 5.69 Å². The standard InChI is InChI=1S/C12H18ClNO2S/c1-3-14(17(15,16)9-5-8-13)12-7-4-6-11(2)10-12/h4,6-7,10H,3,5,8-9H2,1-2H3. The first-order valence-electron chi connectivity index (χ1n) is 5.64. The van der Waals surface area contributed by atoms with Crippen LogP contribution in [0.5, 0.6) is 0 Å². The van der Waals surface area contributed by atoms with E-state index in [2.05, 4.69) is 0 Å². The molecule has 5 heteroatoms. The number of anilines is 1. The molecule has 0 atom stereocenters. The van der Waals surface area contributed by atoms with Crippen molar-refractivity contribution in [2.75, 3.05) is 22.5 Å². The summed E-state index contributed by atoms with van der Waals surface area (Å²) in [6.07, 6.45) is 0.478. The van der Waals surface area contributed by atoms with Crippen LogP contribution >= 0.6 is 11.6 Å². The number of aryl methyl sites for hydroxylation is 1. The maximum atomic E-state index is 12.1. The first kappa shape index (κ1) is 14.3. The van der Waals surface area contributed by atoms with Gasteiger partial charge in [0.25, 0.3) is 0 Å². The zero-order chi connectivity index (χ0) is 12.9. The van der Waals surface area contributed by atoms with E-state index in [9.17, 15) is 8.42 Å². The molecular weight excluding hydrogens is 258 g/mol. The SMILES string of the molecule is CCN(c1cccc(C)c1)S(=O)(=O)CCCCl. The number of alkyl halides is 1. The fourth-order valence-corrected chi connectivity index (χ4v) is 3.52. The molecule has 0 aliphatic rings. The fourth-order valence-electron chi connectivity index (χ4n) is 1.67. The van der Waals surface area contributed by atoms with Crippen molar-refractivity contribution < 1.29 is 8.42 Å². The van der Waals surface area contributed by atoms with Crippen molar-refractivity contribution >= 4 is 27.3 Å². The summed E-state index contributed by atoms with van der Waals surface area (Å²) in [5.41, 5.74) is 1.77. The van der Waals surface area contributed by atoms with Gasteiger partial charge in [-0.2, -0.15) is 0 Å². The zero-order valence-electron chi connectivity index (χ0n) is 10.2. The number of benzene rings is 1. The predicted molar refractivity (Wildman–Crippen MR) is 73.3 cm³/mol. The van der Waals surface area contributed by atoms with Crippen molar-refractivity contribution in [3.63, 3.8) is 0 Å². The second kappa shape index (κ2) is 6.26. The third-order valence-electron chi connectivity index (χ3n) is 2.45. The molecule has 0 heterocycles. The van der Waals surface area contributed by atoms with E-state index in [-0.39, 0.29) is 5.75 Å². The molecule has 1 rings (SSSR count). The van der Waals surface area contributed by atoms with E-state index in [0.29, 0.717) is 18.8 Å². The Bertz CT molecular complexity index is 459. The third-order valence-corrected chi connectivity index (χ3v) is 4.66. The molecule has 0 saturated heterocycles. The maximum absolute atomic E-state index is 12.1. The van der Waals surface area contributed by atoms with Crippen LogP contribution in [0.25, 0.3) is 0 Å². The van der Waals surface area contributed by atoms with E-state index in [1.807, 2.05) is 38.1 Å². The molecule has 1 aromatic rings.